The summed E-state index contributed by atoms with van der Waals surface area (Å²) in [6.45, 7) is 52.7. The van der Waals surface area contributed by atoms with Gasteiger partial charge in [-0.2, -0.15) is 0 Å². The van der Waals surface area contributed by atoms with Crippen molar-refractivity contribution in [1.29, 1.82) is 0 Å². The lowest BCUT2D eigenvalue weighted by Gasteiger charge is -1.99. The van der Waals surface area contributed by atoms with E-state index in [0.29, 0.717) is 0 Å². The molecule has 440 valence electrons. The minimum Gasteiger partial charge on any atom is -0.256 e. The summed E-state index contributed by atoms with van der Waals surface area (Å²) in [6, 6.07) is 52.8. The number of hydrogen-bond acceptors (Lipinski definition) is 6. The van der Waals surface area contributed by atoms with Crippen molar-refractivity contribution in [2.75, 3.05) is 0 Å². The Hall–Kier alpha value is -7.70. The second-order valence-corrected chi connectivity index (χ2v) is 17.8. The van der Waals surface area contributed by atoms with Gasteiger partial charge in [0.15, 0.2) is 0 Å². The van der Waals surface area contributed by atoms with Crippen molar-refractivity contribution < 1.29 is 0 Å². The summed E-state index contributed by atoms with van der Waals surface area (Å²) in [5.74, 6) is 0.825. The number of fused-ring (bicyclic) bond motifs is 5. The lowest BCUT2D eigenvalue weighted by atomic mass is 10.1. The molecule has 0 amide bonds. The number of benzene rings is 7. The molecule has 0 saturated carbocycles. The zero-order valence-electron chi connectivity index (χ0n) is 55.8. The zero-order chi connectivity index (χ0) is 62.7. The third kappa shape index (κ3) is 29.1. The largest absolute Gasteiger partial charge is 0.256 e. The van der Waals surface area contributed by atoms with E-state index in [1.165, 1.54) is 71.6 Å². The average Bonchev–Trinajstić information content (AvgIpc) is 3.63. The molecular formula is C76H106N6. The van der Waals surface area contributed by atoms with E-state index in [-0.39, 0.29) is 0 Å². The first-order valence-corrected chi connectivity index (χ1v) is 30.1. The topological polar surface area (TPSA) is 77.3 Å². The van der Waals surface area contributed by atoms with Crippen molar-refractivity contribution in [3.8, 4) is 0 Å². The first kappa shape index (κ1) is 76.4. The summed E-state index contributed by atoms with van der Waals surface area (Å²) in [5, 5.41) is 6.22. The minimum absolute atomic E-state index is 0.825. The Labute approximate surface area is 499 Å². The van der Waals surface area contributed by atoms with Gasteiger partial charge in [-0.25, -0.2) is 15.0 Å². The predicted molar refractivity (Wildman–Crippen MR) is 369 cm³/mol. The summed E-state index contributed by atoms with van der Waals surface area (Å²) in [4.78, 5) is 25.8. The number of rotatable bonds is 0. The second-order valence-electron chi connectivity index (χ2n) is 17.8. The molecule has 7 aromatic carbocycles. The van der Waals surface area contributed by atoms with Crippen molar-refractivity contribution in [1.82, 2.24) is 29.9 Å². The molecule has 0 bridgehead atoms. The van der Waals surface area contributed by atoms with Gasteiger partial charge in [0.1, 0.15) is 5.82 Å². The monoisotopic (exact) mass is 1100 g/mol. The van der Waals surface area contributed by atoms with Gasteiger partial charge in [-0.15, -0.1) is 0 Å². The van der Waals surface area contributed by atoms with Crippen LogP contribution in [0.15, 0.2) is 170 Å². The van der Waals surface area contributed by atoms with Gasteiger partial charge in [-0.3, -0.25) is 15.0 Å². The van der Waals surface area contributed by atoms with E-state index in [2.05, 4.69) is 220 Å². The molecule has 82 heavy (non-hydrogen) atoms. The van der Waals surface area contributed by atoms with Gasteiger partial charge in [0.25, 0.3) is 0 Å². The summed E-state index contributed by atoms with van der Waals surface area (Å²) >= 11 is 0. The number of pyridine rings is 2. The normalized spacial score (nSPS) is 9.10. The Morgan fingerprint density at radius 2 is 0.512 bits per heavy atom. The Morgan fingerprint density at radius 3 is 1.00 bits per heavy atom. The lowest BCUT2D eigenvalue weighted by Crippen LogP contribution is -1.87. The Kier molecular flexibility index (Phi) is 41.9. The van der Waals surface area contributed by atoms with Gasteiger partial charge < -0.3 is 0 Å². The van der Waals surface area contributed by atoms with Gasteiger partial charge in [-0.1, -0.05) is 227 Å². The summed E-state index contributed by atoms with van der Waals surface area (Å²) in [6.07, 6.45) is 5.56. The van der Waals surface area contributed by atoms with E-state index in [1.54, 1.807) is 6.20 Å². The fourth-order valence-corrected chi connectivity index (χ4v) is 7.27. The number of hydrogen-bond donors (Lipinski definition) is 0. The molecule has 0 saturated heterocycles. The van der Waals surface area contributed by atoms with Gasteiger partial charge in [-0.05, 0) is 165 Å². The molecule has 0 atom stereocenters. The SMILES string of the molecule is CC.CC.CC.CC.CC.CC.CC.Cc1ccc(C)cc1.Cc1ccc2cc(C)ccc2c1.Cc1ccc2nc(C)ccc2c1.Cc1ccc2nc(C)cnc2c1.Cc1ccc2nc(C)ncc2c1.Cc1cnc2cc(C)ccc2c1. The number of aryl methyl sites for hydroxylation is 12. The van der Waals surface area contributed by atoms with Crippen LogP contribution < -0.4 is 0 Å². The maximum atomic E-state index is 4.42. The van der Waals surface area contributed by atoms with Crippen LogP contribution in [0, 0.1) is 83.1 Å². The summed E-state index contributed by atoms with van der Waals surface area (Å²) in [7, 11) is 0. The number of nitrogens with zero attached hydrogens (tertiary/aromatic N) is 6. The molecule has 0 aliphatic rings. The minimum atomic E-state index is 0.825. The van der Waals surface area contributed by atoms with E-state index < -0.39 is 0 Å². The first-order chi connectivity index (χ1) is 39.6. The van der Waals surface area contributed by atoms with E-state index in [4.69, 9.17) is 0 Å². The highest BCUT2D eigenvalue weighted by Crippen LogP contribution is 2.18. The van der Waals surface area contributed by atoms with Crippen LogP contribution in [0.3, 0.4) is 0 Å². The third-order valence-electron chi connectivity index (χ3n) is 11.0. The van der Waals surface area contributed by atoms with Crippen LogP contribution in [-0.4, -0.2) is 29.9 Å². The molecule has 0 radical (unpaired) electrons. The average molecular weight is 1100 g/mol. The zero-order valence-corrected chi connectivity index (χ0v) is 55.8. The molecule has 6 nitrogen and oxygen atoms in total. The van der Waals surface area contributed by atoms with Crippen molar-refractivity contribution >= 4 is 54.5 Å². The molecule has 0 spiro atoms. The second kappa shape index (κ2) is 45.0. The fraction of sp³-hybridized carbons (Fsp3) is 0.342. The molecule has 0 unspecified atom stereocenters. The van der Waals surface area contributed by atoms with Crippen molar-refractivity contribution in [2.45, 2.75) is 180 Å². The van der Waals surface area contributed by atoms with Crippen LogP contribution in [0.25, 0.3) is 54.5 Å². The molecule has 0 N–H and O–H groups in total. The Bertz CT molecular complexity index is 2720. The van der Waals surface area contributed by atoms with E-state index in [1.807, 2.05) is 154 Å². The highest BCUT2D eigenvalue weighted by Gasteiger charge is 1.99. The number of aromatic nitrogens is 6. The predicted octanol–water partition coefficient (Wildman–Crippen LogP) is 23.1. The maximum absolute atomic E-state index is 4.42. The molecule has 11 aromatic rings. The van der Waals surface area contributed by atoms with Crippen molar-refractivity contribution in [2.24, 2.45) is 0 Å². The first-order valence-electron chi connectivity index (χ1n) is 30.1. The van der Waals surface area contributed by atoms with Crippen LogP contribution >= 0.6 is 0 Å². The highest BCUT2D eigenvalue weighted by molar-refractivity contribution is 5.84. The van der Waals surface area contributed by atoms with E-state index in [0.717, 1.165) is 50.2 Å². The lowest BCUT2D eigenvalue weighted by molar-refractivity contribution is 1.09. The van der Waals surface area contributed by atoms with E-state index in [9.17, 15) is 0 Å². The van der Waals surface area contributed by atoms with Crippen LogP contribution in [0.1, 0.15) is 164 Å². The Balaban J connectivity index is 0. The Morgan fingerprint density at radius 1 is 0.195 bits per heavy atom. The van der Waals surface area contributed by atoms with Crippen molar-refractivity contribution in [3.63, 3.8) is 0 Å². The summed E-state index contributed by atoms with van der Waals surface area (Å²) < 4.78 is 0. The van der Waals surface area contributed by atoms with Gasteiger partial charge in [0, 0.05) is 40.4 Å². The van der Waals surface area contributed by atoms with Gasteiger partial charge >= 0.3 is 0 Å². The molecule has 6 heteroatoms. The van der Waals surface area contributed by atoms with Crippen LogP contribution in [-0.2, 0) is 0 Å². The molecular weight excluding hydrogens is 997 g/mol. The highest BCUT2D eigenvalue weighted by atomic mass is 14.9. The third-order valence-corrected chi connectivity index (χ3v) is 11.0. The molecule has 11 rings (SSSR count). The van der Waals surface area contributed by atoms with Gasteiger partial charge in [0.05, 0.1) is 33.3 Å². The van der Waals surface area contributed by atoms with Gasteiger partial charge in [0.2, 0.25) is 0 Å². The van der Waals surface area contributed by atoms with E-state index >= 15 is 0 Å². The fourth-order valence-electron chi connectivity index (χ4n) is 7.27. The molecule has 0 aliphatic carbocycles. The molecule has 4 aromatic heterocycles. The quantitative estimate of drug-likeness (QED) is 0.151. The van der Waals surface area contributed by atoms with Crippen LogP contribution in [0.4, 0.5) is 0 Å². The van der Waals surface area contributed by atoms with Crippen LogP contribution in [0.5, 0.6) is 0 Å². The standard InChI is InChI=1S/C12H12.2C11H11N.2C10H10N2.C8H10.7C2H6/c1-9-3-5-12-8-10(2)4-6-11(12)7-9;1-8-3-6-11-10(7-8)5-4-9(2)12-11;1-8-3-4-10-5-9(2)7-12-11(10)6-8;1-7-3-4-10-9(5-7)6-11-8(2)12-10;1-7-3-4-9-10(5-7)11-6-8(2)12-9;1-7-3-5-8(2)6-4-7;7*1-2/h3-8H,1-2H3;2*3-7H,1-2H3;2*3-6H,1-2H3;3-6H,1-2H3;7*1-2H3. The summed E-state index contributed by atoms with van der Waals surface area (Å²) in [5.41, 5.74) is 18.7. The molecule has 0 fully saturated rings. The molecule has 0 aliphatic heterocycles. The van der Waals surface area contributed by atoms with Crippen LogP contribution in [0.2, 0.25) is 0 Å². The smallest absolute Gasteiger partial charge is 0.125 e. The molecule has 4 heterocycles. The maximum Gasteiger partial charge on any atom is 0.125 e. The van der Waals surface area contributed by atoms with Crippen molar-refractivity contribution in [3.05, 3.63) is 238 Å².